The van der Waals surface area contributed by atoms with Gasteiger partial charge in [-0.2, -0.15) is 0 Å². The molecule has 1 aromatic heterocycles. The number of nitrogens with one attached hydrogen (secondary N) is 2. The fourth-order valence-corrected chi connectivity index (χ4v) is 4.48. The molecule has 1 amide bonds. The van der Waals surface area contributed by atoms with Gasteiger partial charge in [0.2, 0.25) is 0 Å². The van der Waals surface area contributed by atoms with Crippen molar-refractivity contribution in [2.75, 3.05) is 11.6 Å². The number of hydrogen-bond donors (Lipinski definition) is 3. The van der Waals surface area contributed by atoms with Crippen LogP contribution < -0.4 is 5.32 Å². The zero-order chi connectivity index (χ0) is 19.1. The van der Waals surface area contributed by atoms with Gasteiger partial charge in [0.1, 0.15) is 0 Å². The van der Waals surface area contributed by atoms with Crippen LogP contribution in [-0.4, -0.2) is 36.6 Å². The number of H-pyrrole nitrogens is 1. The lowest BCUT2D eigenvalue weighted by molar-refractivity contribution is -0.137. The Morgan fingerprint density at radius 2 is 1.96 bits per heavy atom. The predicted molar refractivity (Wildman–Crippen MR) is 97.5 cm³/mol. The third-order valence-corrected chi connectivity index (χ3v) is 5.51. The minimum absolute atomic E-state index is 0.0461. The molecule has 2 aromatic rings. The van der Waals surface area contributed by atoms with E-state index in [1.54, 1.807) is 37.3 Å². The average molecular weight is 374 g/mol. The lowest BCUT2D eigenvalue weighted by Gasteiger charge is -2.04. The van der Waals surface area contributed by atoms with Gasteiger partial charge in [0, 0.05) is 35.3 Å². The molecule has 0 unspecified atom stereocenters. The van der Waals surface area contributed by atoms with Crippen LogP contribution in [0.15, 0.2) is 29.2 Å². The van der Waals surface area contributed by atoms with Crippen molar-refractivity contribution >= 4 is 39.1 Å². The third kappa shape index (κ3) is 3.28. The Morgan fingerprint density at radius 3 is 2.62 bits per heavy atom. The van der Waals surface area contributed by atoms with Crippen LogP contribution in [0.1, 0.15) is 28.9 Å². The van der Waals surface area contributed by atoms with Crippen LogP contribution in [0.2, 0.25) is 0 Å². The number of para-hydroxylation sites is 1. The van der Waals surface area contributed by atoms with Gasteiger partial charge in [-0.15, -0.1) is 0 Å². The number of aryl methyl sites for hydroxylation is 1. The van der Waals surface area contributed by atoms with Gasteiger partial charge in [-0.25, -0.2) is 8.42 Å². The standard InChI is InChI=1S/C18H18N2O5S/c1-10-17(26(2,24)25)12(7-8-16(21)22)15(19-10)9-13-11-5-3-4-6-14(11)20-18(13)23/h3-6,9,19H,7-8H2,1-2H3,(H,20,23)(H,21,22)/b13-9-. The van der Waals surface area contributed by atoms with E-state index in [1.165, 1.54) is 0 Å². The molecule has 0 aliphatic carbocycles. The summed E-state index contributed by atoms with van der Waals surface area (Å²) in [5.41, 5.74) is 3.05. The highest BCUT2D eigenvalue weighted by molar-refractivity contribution is 7.90. The molecule has 26 heavy (non-hydrogen) atoms. The normalized spacial score (nSPS) is 15.2. The maximum Gasteiger partial charge on any atom is 0.303 e. The van der Waals surface area contributed by atoms with E-state index in [2.05, 4.69) is 10.3 Å². The highest BCUT2D eigenvalue weighted by Crippen LogP contribution is 2.34. The number of carbonyl (C=O) groups is 2. The zero-order valence-corrected chi connectivity index (χ0v) is 15.1. The molecule has 0 atom stereocenters. The quantitative estimate of drug-likeness (QED) is 0.694. The van der Waals surface area contributed by atoms with Crippen LogP contribution in [0.5, 0.6) is 0 Å². The van der Waals surface area contributed by atoms with Gasteiger partial charge in [-0.1, -0.05) is 18.2 Å². The first-order chi connectivity index (χ1) is 12.2. The second-order valence-corrected chi connectivity index (χ2v) is 8.15. The Morgan fingerprint density at radius 1 is 1.27 bits per heavy atom. The second-order valence-electron chi connectivity index (χ2n) is 6.19. The van der Waals surface area contributed by atoms with Crippen molar-refractivity contribution in [2.45, 2.75) is 24.7 Å². The molecule has 1 aromatic carbocycles. The van der Waals surface area contributed by atoms with Crippen molar-refractivity contribution in [1.82, 2.24) is 4.98 Å². The molecular weight excluding hydrogens is 356 g/mol. The minimum atomic E-state index is -3.55. The van der Waals surface area contributed by atoms with Crippen molar-refractivity contribution in [3.05, 3.63) is 46.8 Å². The largest absolute Gasteiger partial charge is 0.481 e. The molecule has 0 fully saturated rings. The Hall–Kier alpha value is -2.87. The highest BCUT2D eigenvalue weighted by Gasteiger charge is 2.27. The number of carboxylic acid groups (broad SMARTS) is 1. The lowest BCUT2D eigenvalue weighted by Crippen LogP contribution is -2.06. The molecule has 7 nitrogen and oxygen atoms in total. The average Bonchev–Trinajstić information content (AvgIpc) is 3.02. The van der Waals surface area contributed by atoms with Gasteiger partial charge in [0.25, 0.3) is 5.91 Å². The Bertz CT molecular complexity index is 1050. The highest BCUT2D eigenvalue weighted by atomic mass is 32.2. The molecular formula is C18H18N2O5S. The van der Waals surface area contributed by atoms with Gasteiger partial charge >= 0.3 is 5.97 Å². The summed E-state index contributed by atoms with van der Waals surface area (Å²) in [6.45, 7) is 1.62. The number of carbonyl (C=O) groups excluding carboxylic acids is 1. The monoisotopic (exact) mass is 374 g/mol. The number of carboxylic acids is 1. The molecule has 136 valence electrons. The summed E-state index contributed by atoms with van der Waals surface area (Å²) in [5.74, 6) is -1.31. The van der Waals surface area contributed by atoms with Crippen LogP contribution in [0.3, 0.4) is 0 Å². The topological polar surface area (TPSA) is 116 Å². The molecule has 3 N–H and O–H groups in total. The van der Waals surface area contributed by atoms with E-state index in [4.69, 9.17) is 5.11 Å². The van der Waals surface area contributed by atoms with E-state index in [9.17, 15) is 18.0 Å². The van der Waals surface area contributed by atoms with E-state index in [-0.39, 0.29) is 23.6 Å². The van der Waals surface area contributed by atoms with Gasteiger partial charge in [0.05, 0.1) is 10.5 Å². The van der Waals surface area contributed by atoms with E-state index in [1.807, 2.05) is 0 Å². The molecule has 0 saturated carbocycles. The second kappa shape index (κ2) is 6.45. The molecule has 3 rings (SSSR count). The summed E-state index contributed by atoms with van der Waals surface area (Å²) >= 11 is 0. The first-order valence-corrected chi connectivity index (χ1v) is 9.83. The third-order valence-electron chi connectivity index (χ3n) is 4.22. The summed E-state index contributed by atoms with van der Waals surface area (Å²) in [4.78, 5) is 26.4. The number of sulfone groups is 1. The van der Waals surface area contributed by atoms with Crippen LogP contribution >= 0.6 is 0 Å². The predicted octanol–water partition coefficient (Wildman–Crippen LogP) is 2.24. The number of aliphatic carboxylic acids is 1. The van der Waals surface area contributed by atoms with E-state index < -0.39 is 15.8 Å². The number of aromatic nitrogens is 1. The number of aromatic amines is 1. The number of fused-ring (bicyclic) bond motifs is 1. The van der Waals surface area contributed by atoms with Gasteiger partial charge < -0.3 is 15.4 Å². The van der Waals surface area contributed by atoms with E-state index in [0.717, 1.165) is 11.8 Å². The zero-order valence-electron chi connectivity index (χ0n) is 14.3. The smallest absolute Gasteiger partial charge is 0.303 e. The summed E-state index contributed by atoms with van der Waals surface area (Å²) in [6, 6.07) is 7.19. The summed E-state index contributed by atoms with van der Waals surface area (Å²) in [7, 11) is -3.55. The Kier molecular flexibility index (Phi) is 4.45. The van der Waals surface area contributed by atoms with Crippen LogP contribution in [0, 0.1) is 6.92 Å². The van der Waals surface area contributed by atoms with Gasteiger partial charge in [0.15, 0.2) is 9.84 Å². The molecule has 0 saturated heterocycles. The maximum atomic E-state index is 12.3. The number of hydrogen-bond acceptors (Lipinski definition) is 4. The van der Waals surface area contributed by atoms with E-state index in [0.29, 0.717) is 28.2 Å². The first-order valence-electron chi connectivity index (χ1n) is 7.94. The van der Waals surface area contributed by atoms with Crippen molar-refractivity contribution in [3.63, 3.8) is 0 Å². The summed E-state index contributed by atoms with van der Waals surface area (Å²) in [6.07, 6.45) is 2.51. The molecule has 8 heteroatoms. The van der Waals surface area contributed by atoms with Gasteiger partial charge in [-0.05, 0) is 31.1 Å². The number of anilines is 1. The molecule has 0 bridgehead atoms. The van der Waals surface area contributed by atoms with Crippen LogP contribution in [0.4, 0.5) is 5.69 Å². The molecule has 1 aliphatic heterocycles. The molecule has 0 radical (unpaired) electrons. The number of amides is 1. The van der Waals surface area contributed by atoms with E-state index >= 15 is 0 Å². The SMILES string of the molecule is Cc1[nH]c(/C=C2\C(=O)Nc3ccccc32)c(CCC(=O)O)c1S(C)(=O)=O. The lowest BCUT2D eigenvalue weighted by atomic mass is 10.0. The Labute approximate surface area is 150 Å². The minimum Gasteiger partial charge on any atom is -0.481 e. The maximum absolute atomic E-state index is 12.3. The number of rotatable bonds is 5. The van der Waals surface area contributed by atoms with Crippen molar-refractivity contribution in [1.29, 1.82) is 0 Å². The van der Waals surface area contributed by atoms with Crippen molar-refractivity contribution in [2.24, 2.45) is 0 Å². The molecule has 0 spiro atoms. The van der Waals surface area contributed by atoms with Crippen molar-refractivity contribution < 1.29 is 23.1 Å². The summed E-state index contributed by atoms with van der Waals surface area (Å²) in [5, 5.41) is 11.7. The Balaban J connectivity index is 2.16. The number of benzene rings is 1. The van der Waals surface area contributed by atoms with Crippen molar-refractivity contribution in [3.8, 4) is 0 Å². The fraction of sp³-hybridized carbons (Fsp3) is 0.222. The summed E-state index contributed by atoms with van der Waals surface area (Å²) < 4.78 is 24.3. The van der Waals surface area contributed by atoms with Gasteiger partial charge in [-0.3, -0.25) is 9.59 Å². The fourth-order valence-electron chi connectivity index (χ4n) is 3.21. The molecule has 2 heterocycles. The van der Waals surface area contributed by atoms with Crippen LogP contribution in [-0.2, 0) is 25.8 Å². The first kappa shape index (κ1) is 17.9. The van der Waals surface area contributed by atoms with Crippen LogP contribution in [0.25, 0.3) is 11.6 Å². The molecule has 1 aliphatic rings.